The second-order valence-electron chi connectivity index (χ2n) is 4.60. The van der Waals surface area contributed by atoms with Crippen molar-refractivity contribution in [2.75, 3.05) is 33.4 Å². The Morgan fingerprint density at radius 3 is 2.83 bits per heavy atom. The summed E-state index contributed by atoms with van der Waals surface area (Å²) in [4.78, 5) is 2.40. The lowest BCUT2D eigenvalue weighted by atomic mass is 10.1. The average molecular weight is 270 g/mol. The van der Waals surface area contributed by atoms with E-state index in [4.69, 9.17) is 21.1 Å². The number of hydrogen-bond acceptors (Lipinski definition) is 3. The molecule has 0 unspecified atom stereocenters. The highest BCUT2D eigenvalue weighted by molar-refractivity contribution is 6.30. The van der Waals surface area contributed by atoms with Gasteiger partial charge in [0.1, 0.15) is 12.4 Å². The van der Waals surface area contributed by atoms with Crippen LogP contribution in [0.2, 0.25) is 5.02 Å². The van der Waals surface area contributed by atoms with E-state index in [0.717, 1.165) is 30.4 Å². The molecule has 0 spiro atoms. The first-order chi connectivity index (χ1) is 8.78. The molecule has 1 aliphatic heterocycles. The highest BCUT2D eigenvalue weighted by Crippen LogP contribution is 2.16. The van der Waals surface area contributed by atoms with Crippen LogP contribution in [-0.4, -0.2) is 44.4 Å². The van der Waals surface area contributed by atoms with Gasteiger partial charge in [-0.1, -0.05) is 11.6 Å². The molecule has 0 bridgehead atoms. The monoisotopic (exact) mass is 269 g/mol. The van der Waals surface area contributed by atoms with Crippen LogP contribution in [-0.2, 0) is 4.74 Å². The van der Waals surface area contributed by atoms with Crippen LogP contribution in [0.5, 0.6) is 5.75 Å². The maximum Gasteiger partial charge on any atom is 0.119 e. The van der Waals surface area contributed by atoms with Crippen molar-refractivity contribution in [1.29, 1.82) is 0 Å². The molecule has 0 N–H and O–H groups in total. The van der Waals surface area contributed by atoms with Gasteiger partial charge in [0.2, 0.25) is 0 Å². The molecule has 0 saturated carbocycles. The van der Waals surface area contributed by atoms with E-state index in [1.165, 1.54) is 12.8 Å². The zero-order chi connectivity index (χ0) is 12.8. The molecule has 4 heteroatoms. The molecule has 0 amide bonds. The van der Waals surface area contributed by atoms with Gasteiger partial charge in [-0.15, -0.1) is 0 Å². The van der Waals surface area contributed by atoms with Gasteiger partial charge in [-0.25, -0.2) is 0 Å². The van der Waals surface area contributed by atoms with Crippen LogP contribution < -0.4 is 4.74 Å². The van der Waals surface area contributed by atoms with Gasteiger partial charge in [0, 0.05) is 25.2 Å². The minimum absolute atomic E-state index is 0.384. The van der Waals surface area contributed by atoms with Crippen molar-refractivity contribution in [3.8, 4) is 5.75 Å². The Bertz CT molecular complexity index is 355. The van der Waals surface area contributed by atoms with Gasteiger partial charge in [0.25, 0.3) is 0 Å². The zero-order valence-electron chi connectivity index (χ0n) is 10.8. The molecule has 3 nitrogen and oxygen atoms in total. The first-order valence-corrected chi connectivity index (χ1v) is 6.79. The first kappa shape index (κ1) is 13.7. The van der Waals surface area contributed by atoms with Crippen LogP contribution in [0, 0.1) is 0 Å². The van der Waals surface area contributed by atoms with Crippen LogP contribution in [0.25, 0.3) is 0 Å². The number of methoxy groups -OCH3 is 1. The van der Waals surface area contributed by atoms with Crippen molar-refractivity contribution in [3.05, 3.63) is 29.3 Å². The number of ether oxygens (including phenoxy) is 2. The average Bonchev–Trinajstić information content (AvgIpc) is 2.41. The van der Waals surface area contributed by atoms with Gasteiger partial charge in [-0.3, -0.25) is 4.90 Å². The number of nitrogens with zero attached hydrogens (tertiary/aromatic N) is 1. The lowest BCUT2D eigenvalue weighted by Crippen LogP contribution is -2.41. The minimum Gasteiger partial charge on any atom is -0.492 e. The molecule has 1 fully saturated rings. The summed E-state index contributed by atoms with van der Waals surface area (Å²) in [5.74, 6) is 0.875. The van der Waals surface area contributed by atoms with Crippen molar-refractivity contribution in [2.24, 2.45) is 0 Å². The fraction of sp³-hybridized carbons (Fsp3) is 0.571. The van der Waals surface area contributed by atoms with Crippen LogP contribution >= 0.6 is 11.6 Å². The summed E-state index contributed by atoms with van der Waals surface area (Å²) in [6, 6.07) is 7.49. The molecule has 0 aromatic heterocycles. The molecule has 2 rings (SSSR count). The van der Waals surface area contributed by atoms with Crippen LogP contribution in [0.15, 0.2) is 24.3 Å². The summed E-state index contributed by atoms with van der Waals surface area (Å²) in [6.45, 7) is 3.81. The third-order valence-electron chi connectivity index (χ3n) is 3.29. The number of rotatable bonds is 5. The molecule has 0 radical (unpaired) electrons. The SMILES string of the molecule is CO[C@@H]1CCCN(CCOc2ccc(Cl)cc2)C1. The van der Waals surface area contributed by atoms with E-state index in [0.29, 0.717) is 12.7 Å². The molecule has 1 aliphatic rings. The van der Waals surface area contributed by atoms with Crippen molar-refractivity contribution in [3.63, 3.8) is 0 Å². The van der Waals surface area contributed by atoms with Gasteiger partial charge in [0.15, 0.2) is 0 Å². The van der Waals surface area contributed by atoms with E-state index in [1.54, 1.807) is 7.11 Å². The van der Waals surface area contributed by atoms with Gasteiger partial charge in [-0.2, -0.15) is 0 Å². The lowest BCUT2D eigenvalue weighted by molar-refractivity contribution is 0.0272. The Kier molecular flexibility index (Phi) is 5.29. The predicted octanol–water partition coefficient (Wildman–Crippen LogP) is 2.83. The van der Waals surface area contributed by atoms with Gasteiger partial charge < -0.3 is 9.47 Å². The molecule has 1 atom stereocenters. The molecule has 18 heavy (non-hydrogen) atoms. The minimum atomic E-state index is 0.384. The normalized spacial score (nSPS) is 20.9. The standard InChI is InChI=1S/C14H20ClNO2/c1-17-14-3-2-8-16(11-14)9-10-18-13-6-4-12(15)5-7-13/h4-7,14H,2-3,8-11H2,1H3/t14-/m1/s1. The molecule has 1 aromatic rings. The fourth-order valence-corrected chi connectivity index (χ4v) is 2.36. The molecular weight excluding hydrogens is 250 g/mol. The maximum atomic E-state index is 5.82. The smallest absolute Gasteiger partial charge is 0.119 e. The molecule has 1 aromatic carbocycles. The Morgan fingerprint density at radius 2 is 2.11 bits per heavy atom. The van der Waals surface area contributed by atoms with Crippen molar-refractivity contribution >= 4 is 11.6 Å². The zero-order valence-corrected chi connectivity index (χ0v) is 11.5. The number of benzene rings is 1. The van der Waals surface area contributed by atoms with Gasteiger partial charge >= 0.3 is 0 Å². The summed E-state index contributed by atoms with van der Waals surface area (Å²) in [5.41, 5.74) is 0. The highest BCUT2D eigenvalue weighted by Gasteiger charge is 2.18. The first-order valence-electron chi connectivity index (χ1n) is 6.41. The summed E-state index contributed by atoms with van der Waals surface area (Å²) in [7, 11) is 1.79. The van der Waals surface area contributed by atoms with E-state index in [-0.39, 0.29) is 0 Å². The number of piperidine rings is 1. The predicted molar refractivity (Wildman–Crippen MR) is 73.4 cm³/mol. The summed E-state index contributed by atoms with van der Waals surface area (Å²) in [6.07, 6.45) is 2.76. The van der Waals surface area contributed by atoms with Crippen LogP contribution in [0.4, 0.5) is 0 Å². The van der Waals surface area contributed by atoms with E-state index >= 15 is 0 Å². The molecular formula is C14H20ClNO2. The van der Waals surface area contributed by atoms with Crippen LogP contribution in [0.1, 0.15) is 12.8 Å². The Morgan fingerprint density at radius 1 is 1.33 bits per heavy atom. The summed E-state index contributed by atoms with van der Waals surface area (Å²) in [5, 5.41) is 0.737. The Labute approximate surface area is 114 Å². The van der Waals surface area contributed by atoms with Crippen molar-refractivity contribution in [1.82, 2.24) is 4.90 Å². The maximum absolute atomic E-state index is 5.82. The largest absolute Gasteiger partial charge is 0.492 e. The topological polar surface area (TPSA) is 21.7 Å². The van der Waals surface area contributed by atoms with E-state index in [2.05, 4.69) is 4.90 Å². The highest BCUT2D eigenvalue weighted by atomic mass is 35.5. The quantitative estimate of drug-likeness (QED) is 0.821. The molecule has 1 heterocycles. The number of hydrogen-bond donors (Lipinski definition) is 0. The van der Waals surface area contributed by atoms with Gasteiger partial charge in [0.05, 0.1) is 6.10 Å². The lowest BCUT2D eigenvalue weighted by Gasteiger charge is -2.31. The number of likely N-dealkylation sites (tertiary alicyclic amines) is 1. The molecule has 0 aliphatic carbocycles. The van der Waals surface area contributed by atoms with Gasteiger partial charge in [-0.05, 0) is 43.7 Å². The Balaban J connectivity index is 1.70. The molecule has 1 saturated heterocycles. The van der Waals surface area contributed by atoms with Crippen molar-refractivity contribution in [2.45, 2.75) is 18.9 Å². The van der Waals surface area contributed by atoms with E-state index in [1.807, 2.05) is 24.3 Å². The van der Waals surface area contributed by atoms with Crippen LogP contribution in [0.3, 0.4) is 0 Å². The van der Waals surface area contributed by atoms with Crippen molar-refractivity contribution < 1.29 is 9.47 Å². The fourth-order valence-electron chi connectivity index (χ4n) is 2.23. The second-order valence-corrected chi connectivity index (χ2v) is 5.04. The van der Waals surface area contributed by atoms with E-state index < -0.39 is 0 Å². The number of halogens is 1. The summed E-state index contributed by atoms with van der Waals surface area (Å²) >= 11 is 5.82. The third kappa shape index (κ3) is 4.16. The second kappa shape index (κ2) is 6.98. The third-order valence-corrected chi connectivity index (χ3v) is 3.54. The van der Waals surface area contributed by atoms with E-state index in [9.17, 15) is 0 Å². The molecule has 100 valence electrons. The summed E-state index contributed by atoms with van der Waals surface area (Å²) < 4.78 is 11.1. The Hall–Kier alpha value is -0.770.